The van der Waals surface area contributed by atoms with Gasteiger partial charge in [-0.05, 0) is 79.5 Å². The third kappa shape index (κ3) is 5.74. The first-order valence-electron chi connectivity index (χ1n) is 14.0. The maximum absolute atomic E-state index is 11.9. The van der Waals surface area contributed by atoms with Crippen molar-refractivity contribution in [2.45, 2.75) is 87.1 Å². The number of ether oxygens (including phenoxy) is 2. The third-order valence-electron chi connectivity index (χ3n) is 9.33. The zero-order valence-electron chi connectivity index (χ0n) is 23.2. The van der Waals surface area contributed by atoms with Crippen LogP contribution in [0.1, 0.15) is 77.0 Å². The zero-order chi connectivity index (χ0) is 26.0. The van der Waals surface area contributed by atoms with E-state index in [1.807, 2.05) is 0 Å². The summed E-state index contributed by atoms with van der Waals surface area (Å²) in [5.41, 5.74) is 1.32. The summed E-state index contributed by atoms with van der Waals surface area (Å²) >= 11 is 0. The van der Waals surface area contributed by atoms with Crippen LogP contribution < -0.4 is 44.3 Å². The van der Waals surface area contributed by atoms with Crippen LogP contribution in [0.25, 0.3) is 11.1 Å². The number of hydrogen-bond acceptors (Lipinski definition) is 5. The fourth-order valence-corrected chi connectivity index (χ4v) is 12.4. The van der Waals surface area contributed by atoms with Crippen LogP contribution in [-0.4, -0.2) is 38.5 Å². The summed E-state index contributed by atoms with van der Waals surface area (Å²) in [5.74, 6) is 2.25. The SMILES string of the molecule is COc1ccc(S(=O)(=O)[O-])c(OC)c1-c1ccc(P2CCCC2(C2CCCCC2)C2CCCCC2)cc1.[Na+]. The summed E-state index contributed by atoms with van der Waals surface area (Å²) < 4.78 is 46.8. The van der Waals surface area contributed by atoms with Crippen LogP contribution in [0.15, 0.2) is 41.3 Å². The molecular formula is C30H40NaO5PS. The first-order valence-corrected chi connectivity index (χ1v) is 16.9. The van der Waals surface area contributed by atoms with Crippen molar-refractivity contribution in [2.24, 2.45) is 11.8 Å². The van der Waals surface area contributed by atoms with Gasteiger partial charge in [-0.2, -0.15) is 0 Å². The molecule has 2 aliphatic carbocycles. The zero-order valence-corrected chi connectivity index (χ0v) is 26.9. The molecule has 0 aromatic heterocycles. The van der Waals surface area contributed by atoms with Gasteiger partial charge in [0.1, 0.15) is 21.6 Å². The second-order valence-electron chi connectivity index (χ2n) is 11.1. The second kappa shape index (κ2) is 12.9. The summed E-state index contributed by atoms with van der Waals surface area (Å²) in [6, 6.07) is 11.5. The van der Waals surface area contributed by atoms with Crippen LogP contribution in [0.4, 0.5) is 0 Å². The van der Waals surface area contributed by atoms with Gasteiger partial charge < -0.3 is 14.0 Å². The molecule has 1 unspecified atom stereocenters. The first-order chi connectivity index (χ1) is 17.9. The molecule has 202 valence electrons. The smallest absolute Gasteiger partial charge is 0.744 e. The maximum atomic E-state index is 11.9. The van der Waals surface area contributed by atoms with Crippen molar-refractivity contribution in [3.8, 4) is 22.6 Å². The van der Waals surface area contributed by atoms with E-state index < -0.39 is 10.1 Å². The molecule has 1 heterocycles. The van der Waals surface area contributed by atoms with E-state index in [2.05, 4.69) is 24.3 Å². The van der Waals surface area contributed by atoms with Gasteiger partial charge in [0.15, 0.2) is 0 Å². The molecule has 2 saturated carbocycles. The van der Waals surface area contributed by atoms with Gasteiger partial charge in [-0.25, -0.2) is 8.42 Å². The van der Waals surface area contributed by atoms with Gasteiger partial charge in [0.05, 0.1) is 24.7 Å². The number of methoxy groups -OCH3 is 2. The van der Waals surface area contributed by atoms with Crippen molar-refractivity contribution >= 4 is 23.3 Å². The standard InChI is InChI=1S/C30H41O5PS.Na/c1-34-26-18-19-27(37(31,32)33)29(35-2)28(26)22-14-16-25(17-15-22)36-21-9-20-30(36,23-10-5-3-6-11-23)24-12-7-4-8-13-24;/h14-19,23-24H,3-13,20-21H2,1-2H3,(H,31,32,33);/q;+1/p-1. The largest absolute Gasteiger partial charge is 1.00 e. The van der Waals surface area contributed by atoms with E-state index in [9.17, 15) is 13.0 Å². The number of benzene rings is 2. The van der Waals surface area contributed by atoms with Gasteiger partial charge >= 0.3 is 29.6 Å². The minimum absolute atomic E-state index is 0. The summed E-state index contributed by atoms with van der Waals surface area (Å²) in [4.78, 5) is -0.358. The molecule has 3 fully saturated rings. The van der Waals surface area contributed by atoms with Crippen molar-refractivity contribution in [3.05, 3.63) is 36.4 Å². The Labute approximate surface area is 252 Å². The van der Waals surface area contributed by atoms with Crippen molar-refractivity contribution in [1.82, 2.24) is 0 Å². The molecule has 3 aliphatic rings. The second-order valence-corrected chi connectivity index (χ2v) is 15.1. The van der Waals surface area contributed by atoms with Gasteiger partial charge in [-0.3, -0.25) is 0 Å². The van der Waals surface area contributed by atoms with Crippen LogP contribution >= 0.6 is 7.92 Å². The average Bonchev–Trinajstić information content (AvgIpc) is 3.39. The summed E-state index contributed by atoms with van der Waals surface area (Å²) in [6.45, 7) is 0. The number of hydrogen-bond donors (Lipinski definition) is 0. The van der Waals surface area contributed by atoms with Gasteiger partial charge in [-0.15, -0.1) is 0 Å². The van der Waals surface area contributed by atoms with Gasteiger partial charge in [-0.1, -0.05) is 70.7 Å². The quantitative estimate of drug-likeness (QED) is 0.287. The first kappa shape index (κ1) is 30.3. The summed E-state index contributed by atoms with van der Waals surface area (Å²) in [5, 5.41) is 1.95. The van der Waals surface area contributed by atoms with E-state index >= 15 is 0 Å². The van der Waals surface area contributed by atoms with E-state index in [4.69, 9.17) is 9.47 Å². The molecule has 2 aromatic rings. The van der Waals surface area contributed by atoms with Gasteiger partial charge in [0, 0.05) is 5.16 Å². The van der Waals surface area contributed by atoms with Crippen molar-refractivity contribution in [1.29, 1.82) is 0 Å². The minimum atomic E-state index is -4.69. The van der Waals surface area contributed by atoms with E-state index in [-0.39, 0.29) is 48.1 Å². The van der Waals surface area contributed by atoms with Crippen molar-refractivity contribution in [3.63, 3.8) is 0 Å². The molecule has 0 amide bonds. The Morgan fingerprint density at radius 3 is 1.89 bits per heavy atom. The minimum Gasteiger partial charge on any atom is -0.744 e. The Kier molecular flexibility index (Phi) is 10.3. The van der Waals surface area contributed by atoms with Crippen LogP contribution in [-0.2, 0) is 10.1 Å². The Hall–Kier alpha value is -0.620. The maximum Gasteiger partial charge on any atom is 1.00 e. The van der Waals surface area contributed by atoms with E-state index in [0.29, 0.717) is 16.5 Å². The van der Waals surface area contributed by atoms with E-state index in [1.54, 1.807) is 7.11 Å². The molecule has 0 bridgehead atoms. The monoisotopic (exact) mass is 566 g/mol. The molecule has 2 aromatic carbocycles. The molecular weight excluding hydrogens is 526 g/mol. The fraction of sp³-hybridized carbons (Fsp3) is 0.600. The van der Waals surface area contributed by atoms with Crippen molar-refractivity contribution in [2.75, 3.05) is 20.4 Å². The van der Waals surface area contributed by atoms with Crippen LogP contribution in [0.5, 0.6) is 11.5 Å². The molecule has 0 spiro atoms. The van der Waals surface area contributed by atoms with Crippen molar-refractivity contribution < 1.29 is 52.0 Å². The Morgan fingerprint density at radius 1 is 0.816 bits per heavy atom. The normalized spacial score (nSPS) is 22.6. The van der Waals surface area contributed by atoms with E-state index in [0.717, 1.165) is 17.4 Å². The Balaban J connectivity index is 0.00000336. The van der Waals surface area contributed by atoms with Gasteiger partial charge in [0.25, 0.3) is 0 Å². The van der Waals surface area contributed by atoms with Gasteiger partial charge in [0.2, 0.25) is 0 Å². The number of rotatable bonds is 7. The Morgan fingerprint density at radius 2 is 1.39 bits per heavy atom. The Bertz CT molecular complexity index is 1170. The van der Waals surface area contributed by atoms with Crippen LogP contribution in [0, 0.1) is 11.8 Å². The van der Waals surface area contributed by atoms with Crippen LogP contribution in [0.2, 0.25) is 0 Å². The molecule has 0 radical (unpaired) electrons. The predicted octanol–water partition coefficient (Wildman–Crippen LogP) is 4.08. The molecule has 1 atom stereocenters. The predicted molar refractivity (Wildman–Crippen MR) is 149 cm³/mol. The molecule has 1 aliphatic heterocycles. The van der Waals surface area contributed by atoms with E-state index in [1.165, 1.54) is 108 Å². The average molecular weight is 567 g/mol. The fourth-order valence-electron chi connectivity index (χ4n) is 7.82. The third-order valence-corrected chi connectivity index (χ3v) is 13.8. The molecule has 5 nitrogen and oxygen atoms in total. The summed E-state index contributed by atoms with van der Waals surface area (Å²) in [6.07, 6.45) is 18.0. The van der Waals surface area contributed by atoms with Crippen LogP contribution in [0.3, 0.4) is 0 Å². The molecule has 8 heteroatoms. The molecule has 38 heavy (non-hydrogen) atoms. The summed E-state index contributed by atoms with van der Waals surface area (Å²) in [7, 11) is -2.02. The molecule has 1 saturated heterocycles. The molecule has 5 rings (SSSR count). The molecule has 0 N–H and O–H groups in total. The topological polar surface area (TPSA) is 75.7 Å².